The van der Waals surface area contributed by atoms with Crippen LogP contribution in [0.5, 0.6) is 0 Å². The van der Waals surface area contributed by atoms with E-state index in [4.69, 9.17) is 0 Å². The average Bonchev–Trinajstić information content (AvgIpc) is 3.43. The lowest BCUT2D eigenvalue weighted by molar-refractivity contribution is -0.131. The van der Waals surface area contributed by atoms with E-state index in [1.165, 1.54) is 4.57 Å². The molecule has 5 heterocycles. The van der Waals surface area contributed by atoms with Crippen LogP contribution >= 0.6 is 0 Å². The van der Waals surface area contributed by atoms with E-state index in [2.05, 4.69) is 30.7 Å². The number of pyridine rings is 1. The van der Waals surface area contributed by atoms with Crippen LogP contribution in [0.1, 0.15) is 25.1 Å². The molecule has 0 unspecified atom stereocenters. The van der Waals surface area contributed by atoms with Crippen LogP contribution in [-0.4, -0.2) is 84.8 Å². The number of fused-ring (bicyclic) bond motifs is 2. The summed E-state index contributed by atoms with van der Waals surface area (Å²) in [5.74, 6) is -1.49. The molecule has 6 rings (SSSR count). The number of rotatable bonds is 7. The Labute approximate surface area is 220 Å². The fourth-order valence-corrected chi connectivity index (χ4v) is 5.56. The standard InChI is InChI=1S/C25H28F5N9/c1-13-32-19-4-3-17(33-23(19)38(13)12-20(27)28)15-5-8-39-21(15)22(31-2)35-24(36-39)34-18-6-7-37(11-16(18)26)14-9-25(29,30)10-14/h3-5,8,14,16,18,20H,6-7,9-12H2,1-2H3,(H2,31,34,35,36)/t16-,18+/m0/s1. The van der Waals surface area contributed by atoms with Crippen molar-refractivity contribution in [2.45, 2.75) is 63.3 Å². The van der Waals surface area contributed by atoms with E-state index in [0.717, 1.165) is 0 Å². The summed E-state index contributed by atoms with van der Waals surface area (Å²) in [6.07, 6.45) is -2.08. The molecule has 9 nitrogen and oxygen atoms in total. The van der Waals surface area contributed by atoms with E-state index in [-0.39, 0.29) is 31.4 Å². The van der Waals surface area contributed by atoms with Gasteiger partial charge in [0.25, 0.3) is 12.3 Å². The van der Waals surface area contributed by atoms with E-state index < -0.39 is 31.1 Å². The van der Waals surface area contributed by atoms with E-state index in [1.54, 1.807) is 47.8 Å². The molecular formula is C25H28F5N9. The number of anilines is 2. The number of aromatic nitrogens is 6. The van der Waals surface area contributed by atoms with Crippen LogP contribution < -0.4 is 10.6 Å². The molecule has 2 aliphatic rings. The number of hydrogen-bond acceptors (Lipinski definition) is 7. The molecule has 0 spiro atoms. The molecule has 1 saturated carbocycles. The van der Waals surface area contributed by atoms with Gasteiger partial charge in [-0.25, -0.2) is 36.4 Å². The average molecular weight is 550 g/mol. The fraction of sp³-hybridized carbons (Fsp3) is 0.520. The molecule has 2 N–H and O–H groups in total. The summed E-state index contributed by atoms with van der Waals surface area (Å²) in [6, 6.07) is 4.48. The number of likely N-dealkylation sites (tertiary alicyclic amines) is 1. The number of aryl methyl sites for hydroxylation is 1. The first-order valence-corrected chi connectivity index (χ1v) is 12.8. The van der Waals surface area contributed by atoms with Crippen molar-refractivity contribution in [1.29, 1.82) is 0 Å². The molecule has 4 aromatic rings. The number of hydrogen-bond donors (Lipinski definition) is 2. The van der Waals surface area contributed by atoms with Crippen LogP contribution in [0.15, 0.2) is 24.4 Å². The minimum Gasteiger partial charge on any atom is -0.371 e. The van der Waals surface area contributed by atoms with Gasteiger partial charge in [-0.05, 0) is 31.5 Å². The van der Waals surface area contributed by atoms with Gasteiger partial charge in [-0.1, -0.05) is 0 Å². The number of piperidine rings is 1. The molecule has 0 radical (unpaired) electrons. The van der Waals surface area contributed by atoms with Gasteiger partial charge in [0.1, 0.15) is 23.0 Å². The Bertz CT molecular complexity index is 1510. The second kappa shape index (κ2) is 9.57. The van der Waals surface area contributed by atoms with E-state index in [0.29, 0.717) is 52.5 Å². The summed E-state index contributed by atoms with van der Waals surface area (Å²) >= 11 is 0. The maximum atomic E-state index is 15.0. The number of halogens is 5. The van der Waals surface area contributed by atoms with Gasteiger partial charge < -0.3 is 15.2 Å². The molecule has 208 valence electrons. The molecule has 0 bridgehead atoms. The van der Waals surface area contributed by atoms with Crippen LogP contribution in [0, 0.1) is 6.92 Å². The van der Waals surface area contributed by atoms with Crippen LogP contribution in [0.4, 0.5) is 33.7 Å². The van der Waals surface area contributed by atoms with Crippen molar-refractivity contribution in [2.75, 3.05) is 30.8 Å². The van der Waals surface area contributed by atoms with Crippen molar-refractivity contribution >= 4 is 28.4 Å². The van der Waals surface area contributed by atoms with Gasteiger partial charge in [-0.15, -0.1) is 5.10 Å². The third-order valence-electron chi connectivity index (χ3n) is 7.60. The Morgan fingerprint density at radius 2 is 1.92 bits per heavy atom. The van der Waals surface area contributed by atoms with Gasteiger partial charge in [-0.2, -0.15) is 4.98 Å². The first kappa shape index (κ1) is 25.7. The maximum Gasteiger partial charge on any atom is 0.256 e. The van der Waals surface area contributed by atoms with Crippen LogP contribution in [-0.2, 0) is 6.54 Å². The van der Waals surface area contributed by atoms with E-state index in [1.807, 2.05) is 0 Å². The summed E-state index contributed by atoms with van der Waals surface area (Å²) in [6.45, 7) is 1.76. The van der Waals surface area contributed by atoms with E-state index >= 15 is 4.39 Å². The molecule has 1 aliphatic heterocycles. The molecule has 2 atom stereocenters. The number of nitrogens with one attached hydrogen (secondary N) is 2. The highest BCUT2D eigenvalue weighted by atomic mass is 19.3. The second-order valence-corrected chi connectivity index (χ2v) is 10.2. The van der Waals surface area contributed by atoms with Crippen molar-refractivity contribution in [2.24, 2.45) is 0 Å². The monoisotopic (exact) mass is 549 g/mol. The van der Waals surface area contributed by atoms with Crippen molar-refractivity contribution in [1.82, 2.24) is 34.0 Å². The maximum absolute atomic E-state index is 15.0. The van der Waals surface area contributed by atoms with Gasteiger partial charge in [0.2, 0.25) is 5.95 Å². The molecule has 1 saturated heterocycles. The Balaban J connectivity index is 1.25. The van der Waals surface area contributed by atoms with Gasteiger partial charge in [-0.3, -0.25) is 4.90 Å². The minimum atomic E-state index is -2.64. The quantitative estimate of drug-likeness (QED) is 0.331. The minimum absolute atomic E-state index is 0.0863. The first-order chi connectivity index (χ1) is 18.6. The zero-order valence-corrected chi connectivity index (χ0v) is 21.4. The normalized spacial score (nSPS) is 22.1. The van der Waals surface area contributed by atoms with Crippen molar-refractivity contribution < 1.29 is 22.0 Å². The SMILES string of the molecule is CNc1nc(N[C@@H]2CCN(C3CC(F)(F)C3)C[C@@H]2F)nn2ccc(-c3ccc4nc(C)n(CC(F)F)c4n3)c12. The lowest BCUT2D eigenvalue weighted by Crippen LogP contribution is -2.57. The third kappa shape index (κ3) is 4.74. The smallest absolute Gasteiger partial charge is 0.256 e. The highest BCUT2D eigenvalue weighted by Gasteiger charge is 2.49. The topological polar surface area (TPSA) is 88.2 Å². The lowest BCUT2D eigenvalue weighted by atomic mass is 9.85. The first-order valence-electron chi connectivity index (χ1n) is 12.8. The van der Waals surface area contributed by atoms with Gasteiger partial charge in [0.05, 0.1) is 18.3 Å². The molecule has 0 aromatic carbocycles. The Kier molecular flexibility index (Phi) is 6.31. The molecule has 1 aliphatic carbocycles. The highest BCUT2D eigenvalue weighted by molar-refractivity contribution is 5.89. The largest absolute Gasteiger partial charge is 0.371 e. The molecule has 14 heteroatoms. The molecule has 39 heavy (non-hydrogen) atoms. The van der Waals surface area contributed by atoms with Crippen molar-refractivity contribution in [3.05, 3.63) is 30.2 Å². The Morgan fingerprint density at radius 1 is 1.13 bits per heavy atom. The summed E-state index contributed by atoms with van der Waals surface area (Å²) in [5.41, 5.74) is 2.72. The summed E-state index contributed by atoms with van der Waals surface area (Å²) in [4.78, 5) is 15.3. The Hall–Kier alpha value is -3.55. The molecule has 2 fully saturated rings. The number of alkyl halides is 5. The number of nitrogens with zero attached hydrogens (tertiary/aromatic N) is 7. The Morgan fingerprint density at radius 3 is 2.62 bits per heavy atom. The summed E-state index contributed by atoms with van der Waals surface area (Å²) in [5, 5.41) is 10.6. The number of imidazole rings is 1. The predicted octanol–water partition coefficient (Wildman–Crippen LogP) is 4.38. The zero-order valence-electron chi connectivity index (χ0n) is 21.4. The molecule has 4 aromatic heterocycles. The summed E-state index contributed by atoms with van der Waals surface area (Å²) < 4.78 is 70.8. The van der Waals surface area contributed by atoms with Gasteiger partial charge >= 0.3 is 0 Å². The van der Waals surface area contributed by atoms with Crippen molar-refractivity contribution in [3.63, 3.8) is 0 Å². The van der Waals surface area contributed by atoms with Crippen LogP contribution in [0.2, 0.25) is 0 Å². The third-order valence-corrected chi connectivity index (χ3v) is 7.60. The van der Waals surface area contributed by atoms with Gasteiger partial charge in [0, 0.05) is 50.8 Å². The highest BCUT2D eigenvalue weighted by Crippen LogP contribution is 2.41. The molecular weight excluding hydrogens is 521 g/mol. The second-order valence-electron chi connectivity index (χ2n) is 10.2. The lowest BCUT2D eigenvalue weighted by Gasteiger charge is -2.46. The fourth-order valence-electron chi connectivity index (χ4n) is 5.56. The predicted molar refractivity (Wildman–Crippen MR) is 136 cm³/mol. The molecule has 0 amide bonds. The van der Waals surface area contributed by atoms with Crippen LogP contribution in [0.25, 0.3) is 27.9 Å². The van der Waals surface area contributed by atoms with Crippen LogP contribution in [0.3, 0.4) is 0 Å². The van der Waals surface area contributed by atoms with E-state index in [9.17, 15) is 17.6 Å². The van der Waals surface area contributed by atoms with Gasteiger partial charge in [0.15, 0.2) is 11.5 Å². The zero-order chi connectivity index (χ0) is 27.5. The summed E-state index contributed by atoms with van der Waals surface area (Å²) in [7, 11) is 1.70. The van der Waals surface area contributed by atoms with Crippen molar-refractivity contribution in [3.8, 4) is 11.3 Å².